The van der Waals surface area contributed by atoms with Gasteiger partial charge < -0.3 is 14.6 Å². The molecule has 0 saturated heterocycles. The topological polar surface area (TPSA) is 60.3 Å². The van der Waals surface area contributed by atoms with E-state index in [2.05, 4.69) is 0 Å². The van der Waals surface area contributed by atoms with Gasteiger partial charge in [0.1, 0.15) is 17.3 Å². The Morgan fingerprint density at radius 3 is 2.31 bits per heavy atom. The van der Waals surface area contributed by atoms with Crippen molar-refractivity contribution >= 4 is 17.6 Å². The summed E-state index contributed by atoms with van der Waals surface area (Å²) in [6, 6.07) is 13.5. The highest BCUT2D eigenvalue weighted by Crippen LogP contribution is 2.18. The van der Waals surface area contributed by atoms with Crippen molar-refractivity contribution in [2.24, 2.45) is 0 Å². The number of carbonyl (C=O) groups is 2. The van der Waals surface area contributed by atoms with Crippen LogP contribution in [0.1, 0.15) is 10.4 Å². The summed E-state index contributed by atoms with van der Waals surface area (Å²) in [5, 5.41) is 2.05. The summed E-state index contributed by atoms with van der Waals surface area (Å²) in [7, 11) is 0. The van der Waals surface area contributed by atoms with Gasteiger partial charge in [-0.15, -0.1) is 0 Å². The number of aromatic nitrogens is 1. The average Bonchev–Trinajstić information content (AvgIpc) is 3.18. The van der Waals surface area contributed by atoms with Crippen molar-refractivity contribution in [2.75, 3.05) is 11.9 Å². The lowest BCUT2D eigenvalue weighted by molar-refractivity contribution is -0.119. The molecule has 3 rings (SSSR count). The maximum atomic E-state index is 13.5. The molecule has 0 aliphatic rings. The predicted octanol–water partition coefficient (Wildman–Crippen LogP) is 3.55. The van der Waals surface area contributed by atoms with Crippen molar-refractivity contribution in [1.82, 2.24) is 4.57 Å². The maximum absolute atomic E-state index is 13.5. The number of hydrogen-bond donors (Lipinski definition) is 1. The first kappa shape index (κ1) is 17.3. The Labute approximate surface area is 147 Å². The quantitative estimate of drug-likeness (QED) is 0.711. The molecule has 5 nitrogen and oxygen atoms in total. The van der Waals surface area contributed by atoms with Crippen molar-refractivity contribution in [3.63, 3.8) is 0 Å². The molecule has 3 aromatic rings. The van der Waals surface area contributed by atoms with E-state index in [9.17, 15) is 18.4 Å². The summed E-state index contributed by atoms with van der Waals surface area (Å²) in [6.07, 6.45) is 3.64. The number of benzene rings is 2. The van der Waals surface area contributed by atoms with Crippen LogP contribution < -0.4 is 5.32 Å². The van der Waals surface area contributed by atoms with Gasteiger partial charge in [-0.3, -0.25) is 4.79 Å². The zero-order valence-corrected chi connectivity index (χ0v) is 13.5. The number of halogens is 2. The number of nitrogens with zero attached hydrogens (tertiary/aromatic N) is 1. The van der Waals surface area contributed by atoms with E-state index in [1.807, 2.05) is 40.5 Å². The lowest BCUT2D eigenvalue weighted by Crippen LogP contribution is -2.22. The number of para-hydroxylation sites is 1. The van der Waals surface area contributed by atoms with E-state index in [1.165, 1.54) is 6.07 Å². The van der Waals surface area contributed by atoms with Crippen LogP contribution in [0.4, 0.5) is 14.5 Å². The molecule has 7 heteroatoms. The van der Waals surface area contributed by atoms with E-state index in [4.69, 9.17) is 4.74 Å². The van der Waals surface area contributed by atoms with Crippen LogP contribution in [-0.2, 0) is 9.53 Å². The monoisotopic (exact) mass is 356 g/mol. The summed E-state index contributed by atoms with van der Waals surface area (Å²) in [6.45, 7) is -0.666. The van der Waals surface area contributed by atoms with Gasteiger partial charge in [-0.2, -0.15) is 0 Å². The zero-order chi connectivity index (χ0) is 18.5. The van der Waals surface area contributed by atoms with E-state index in [0.717, 1.165) is 17.8 Å². The van der Waals surface area contributed by atoms with Crippen LogP contribution in [0.2, 0.25) is 0 Å². The fourth-order valence-corrected chi connectivity index (χ4v) is 2.31. The molecule has 0 aliphatic heterocycles. The molecule has 1 amide bonds. The number of ether oxygens (including phenoxy) is 1. The predicted molar refractivity (Wildman–Crippen MR) is 91.0 cm³/mol. The lowest BCUT2D eigenvalue weighted by atomic mass is 10.2. The molecule has 0 spiro atoms. The Hall–Kier alpha value is -3.48. The molecular weight excluding hydrogens is 342 g/mol. The highest BCUT2D eigenvalue weighted by molar-refractivity contribution is 5.95. The largest absolute Gasteiger partial charge is 0.452 e. The molecule has 1 heterocycles. The number of amides is 1. The van der Waals surface area contributed by atoms with Crippen molar-refractivity contribution in [3.8, 4) is 5.69 Å². The van der Waals surface area contributed by atoms with E-state index in [0.29, 0.717) is 0 Å². The van der Waals surface area contributed by atoms with Crippen molar-refractivity contribution in [2.45, 2.75) is 0 Å². The average molecular weight is 356 g/mol. The maximum Gasteiger partial charge on any atom is 0.338 e. The second-order valence-corrected chi connectivity index (χ2v) is 5.36. The first-order chi connectivity index (χ1) is 12.5. The SMILES string of the molecule is O=C(COC(=O)c1cccc(-n2cccc2)c1)Nc1c(F)cccc1F. The fourth-order valence-electron chi connectivity index (χ4n) is 2.31. The van der Waals surface area contributed by atoms with Crippen LogP contribution in [0.3, 0.4) is 0 Å². The third kappa shape index (κ3) is 3.94. The van der Waals surface area contributed by atoms with E-state index in [-0.39, 0.29) is 5.56 Å². The molecule has 0 aliphatic carbocycles. The summed E-state index contributed by atoms with van der Waals surface area (Å²) in [5.74, 6) is -3.39. The number of anilines is 1. The molecular formula is C19H14F2N2O3. The molecule has 2 aromatic carbocycles. The Bertz CT molecular complexity index is 919. The Balaban J connectivity index is 1.62. The number of nitrogens with one attached hydrogen (secondary N) is 1. The van der Waals surface area contributed by atoms with Crippen LogP contribution >= 0.6 is 0 Å². The molecule has 0 unspecified atom stereocenters. The molecule has 1 N–H and O–H groups in total. The highest BCUT2D eigenvalue weighted by Gasteiger charge is 2.15. The van der Waals surface area contributed by atoms with E-state index >= 15 is 0 Å². The van der Waals surface area contributed by atoms with Crippen LogP contribution in [-0.4, -0.2) is 23.1 Å². The van der Waals surface area contributed by atoms with Crippen molar-refractivity contribution in [1.29, 1.82) is 0 Å². The van der Waals surface area contributed by atoms with Gasteiger partial charge in [0.25, 0.3) is 5.91 Å². The van der Waals surface area contributed by atoms with Gasteiger partial charge in [-0.25, -0.2) is 13.6 Å². The molecule has 0 radical (unpaired) electrons. The lowest BCUT2D eigenvalue weighted by Gasteiger charge is -2.09. The molecule has 1 aromatic heterocycles. The van der Waals surface area contributed by atoms with Crippen LogP contribution in [0.25, 0.3) is 5.69 Å². The number of hydrogen-bond acceptors (Lipinski definition) is 3. The summed E-state index contributed by atoms with van der Waals surface area (Å²) >= 11 is 0. The van der Waals surface area contributed by atoms with E-state index < -0.39 is 35.8 Å². The van der Waals surface area contributed by atoms with Gasteiger partial charge in [0.05, 0.1) is 5.56 Å². The summed E-state index contributed by atoms with van der Waals surface area (Å²) in [4.78, 5) is 23.9. The minimum absolute atomic E-state index is 0.251. The van der Waals surface area contributed by atoms with Crippen LogP contribution in [0, 0.1) is 11.6 Å². The molecule has 26 heavy (non-hydrogen) atoms. The second kappa shape index (κ2) is 7.60. The molecule has 0 bridgehead atoms. The zero-order valence-electron chi connectivity index (χ0n) is 13.5. The summed E-state index contributed by atoms with van der Waals surface area (Å²) < 4.78 is 33.7. The van der Waals surface area contributed by atoms with E-state index in [1.54, 1.807) is 18.2 Å². The fraction of sp³-hybridized carbons (Fsp3) is 0.0526. The number of carbonyl (C=O) groups excluding carboxylic acids is 2. The second-order valence-electron chi connectivity index (χ2n) is 5.36. The van der Waals surface area contributed by atoms with Gasteiger partial charge in [-0.05, 0) is 42.5 Å². The highest BCUT2D eigenvalue weighted by atomic mass is 19.1. The minimum atomic E-state index is -0.913. The smallest absolute Gasteiger partial charge is 0.338 e. The first-order valence-electron chi connectivity index (χ1n) is 7.69. The van der Waals surface area contributed by atoms with Gasteiger partial charge in [0.15, 0.2) is 6.61 Å². The number of rotatable bonds is 5. The molecule has 0 atom stereocenters. The molecule has 132 valence electrons. The third-order valence-electron chi connectivity index (χ3n) is 3.55. The normalized spacial score (nSPS) is 10.4. The Morgan fingerprint density at radius 1 is 0.962 bits per heavy atom. The van der Waals surface area contributed by atoms with Gasteiger partial charge >= 0.3 is 5.97 Å². The third-order valence-corrected chi connectivity index (χ3v) is 3.55. The summed E-state index contributed by atoms with van der Waals surface area (Å²) in [5.41, 5.74) is 0.423. The first-order valence-corrected chi connectivity index (χ1v) is 7.69. The van der Waals surface area contributed by atoms with Gasteiger partial charge in [0, 0.05) is 18.1 Å². The standard InChI is InChI=1S/C19H14F2N2O3/c20-15-7-4-8-16(21)18(15)22-17(24)12-26-19(25)13-5-3-6-14(11-13)23-9-1-2-10-23/h1-11H,12H2,(H,22,24). The van der Waals surface area contributed by atoms with Gasteiger partial charge in [-0.1, -0.05) is 12.1 Å². The number of esters is 1. The minimum Gasteiger partial charge on any atom is -0.452 e. The molecule has 0 saturated carbocycles. The van der Waals surface area contributed by atoms with Gasteiger partial charge in [0.2, 0.25) is 0 Å². The Morgan fingerprint density at radius 2 is 1.62 bits per heavy atom. The van der Waals surface area contributed by atoms with Crippen molar-refractivity contribution in [3.05, 3.63) is 84.2 Å². The molecule has 0 fully saturated rings. The van der Waals surface area contributed by atoms with Crippen molar-refractivity contribution < 1.29 is 23.1 Å². The Kier molecular flexibility index (Phi) is 5.07. The van der Waals surface area contributed by atoms with Crippen LogP contribution in [0.15, 0.2) is 67.0 Å². The van der Waals surface area contributed by atoms with Crippen LogP contribution in [0.5, 0.6) is 0 Å².